The summed E-state index contributed by atoms with van der Waals surface area (Å²) in [5.41, 5.74) is 1.16. The van der Waals surface area contributed by atoms with E-state index in [2.05, 4.69) is 0 Å². The zero-order chi connectivity index (χ0) is 4.57. The summed E-state index contributed by atoms with van der Waals surface area (Å²) >= 11 is 0. The molecule has 0 saturated carbocycles. The van der Waals surface area contributed by atoms with Crippen molar-refractivity contribution in [3.05, 3.63) is 17.8 Å². The van der Waals surface area contributed by atoms with E-state index in [1.807, 2.05) is 19.3 Å². The van der Waals surface area contributed by atoms with Crippen molar-refractivity contribution in [1.82, 2.24) is 0 Å². The van der Waals surface area contributed by atoms with Gasteiger partial charge in [0.15, 0.2) is 0 Å². The predicted molar refractivity (Wildman–Crippen MR) is 28.2 cm³/mol. The summed E-state index contributed by atoms with van der Waals surface area (Å²) in [6.07, 6.45) is 3.73. The van der Waals surface area contributed by atoms with Gasteiger partial charge in [0.1, 0.15) is 0 Å². The summed E-state index contributed by atoms with van der Waals surface area (Å²) in [7, 11) is 0. The van der Waals surface area contributed by atoms with Gasteiger partial charge in [-0.25, -0.2) is 0 Å². The maximum absolute atomic E-state index is 9.60. The van der Waals surface area contributed by atoms with Crippen molar-refractivity contribution in [3.63, 3.8) is 0 Å². The standard InChI is InChI=1S/C5H5O.H2N.Rb/c1-4-2-5(4)3-6;;/h2,5H,1H3;1H2;/q2*-1;+1. The van der Waals surface area contributed by atoms with Gasteiger partial charge in [-0.05, 0) is 6.92 Å². The second-order valence-electron chi connectivity index (χ2n) is 1.51. The average molecular weight is 183 g/mol. The largest absolute Gasteiger partial charge is 1.00 e. The molecule has 2 nitrogen and oxygen atoms in total. The molecule has 0 aromatic carbocycles. The Morgan fingerprint density at radius 1 is 1.75 bits per heavy atom. The van der Waals surface area contributed by atoms with Crippen LogP contribution in [0.3, 0.4) is 0 Å². The van der Waals surface area contributed by atoms with Gasteiger partial charge < -0.3 is 10.9 Å². The van der Waals surface area contributed by atoms with E-state index in [4.69, 9.17) is 0 Å². The molecule has 0 radical (unpaired) electrons. The Labute approximate surface area is 98.1 Å². The Hall–Kier alpha value is 1.18. The average Bonchev–Trinajstić information content (AvgIpc) is 2.19. The Kier molecular flexibility index (Phi) is 7.44. The van der Waals surface area contributed by atoms with Crippen LogP contribution in [-0.2, 0) is 4.79 Å². The van der Waals surface area contributed by atoms with E-state index < -0.39 is 0 Å². The fraction of sp³-hybridized carbons (Fsp3) is 0.400. The quantitative estimate of drug-likeness (QED) is 0.356. The maximum atomic E-state index is 9.60. The van der Waals surface area contributed by atoms with Crippen LogP contribution in [0.1, 0.15) is 6.92 Å². The van der Waals surface area contributed by atoms with Crippen LogP contribution >= 0.6 is 0 Å². The van der Waals surface area contributed by atoms with E-state index in [9.17, 15) is 4.79 Å². The molecule has 1 atom stereocenters. The molecule has 2 N–H and O–H groups in total. The molecule has 1 aliphatic rings. The smallest absolute Gasteiger partial charge is 0.693 e. The third-order valence-electron chi connectivity index (χ3n) is 0.938. The van der Waals surface area contributed by atoms with Crippen LogP contribution in [0.2, 0.25) is 0 Å². The van der Waals surface area contributed by atoms with E-state index >= 15 is 0 Å². The van der Waals surface area contributed by atoms with Gasteiger partial charge in [-0.3, -0.25) is 6.29 Å². The van der Waals surface area contributed by atoms with Gasteiger partial charge in [0, 0.05) is 0 Å². The first-order valence-electron chi connectivity index (χ1n) is 1.90. The van der Waals surface area contributed by atoms with Gasteiger partial charge in [-0.2, -0.15) is 0 Å². The van der Waals surface area contributed by atoms with Gasteiger partial charge in [0.25, 0.3) is 0 Å². The zero-order valence-corrected chi connectivity index (χ0v) is 10.1. The van der Waals surface area contributed by atoms with Gasteiger partial charge in [-0.1, -0.05) is 5.57 Å². The molecule has 8 heavy (non-hydrogen) atoms. The maximum Gasteiger partial charge on any atom is 1.00 e. The molecule has 0 saturated heterocycles. The summed E-state index contributed by atoms with van der Waals surface area (Å²) < 4.78 is 0. The number of rotatable bonds is 1. The van der Waals surface area contributed by atoms with Crippen molar-refractivity contribution in [2.45, 2.75) is 6.92 Å². The van der Waals surface area contributed by atoms with Crippen LogP contribution < -0.4 is 58.2 Å². The predicted octanol–water partition coefficient (Wildman–Crippen LogP) is -1.61. The molecule has 0 aliphatic heterocycles. The van der Waals surface area contributed by atoms with Crippen LogP contribution in [0.15, 0.2) is 11.6 Å². The van der Waals surface area contributed by atoms with Crippen LogP contribution in [-0.4, -0.2) is 6.29 Å². The van der Waals surface area contributed by atoms with Crippen LogP contribution in [0.5, 0.6) is 0 Å². The zero-order valence-electron chi connectivity index (χ0n) is 5.14. The summed E-state index contributed by atoms with van der Waals surface area (Å²) in [6, 6.07) is 0. The van der Waals surface area contributed by atoms with Crippen LogP contribution in [0.25, 0.3) is 6.15 Å². The minimum absolute atomic E-state index is 0. The monoisotopic (exact) mass is 182 g/mol. The molecular weight excluding hydrogens is 176 g/mol. The first-order valence-corrected chi connectivity index (χ1v) is 1.90. The molecule has 0 spiro atoms. The van der Waals surface area contributed by atoms with E-state index in [1.54, 1.807) is 0 Å². The second-order valence-corrected chi connectivity index (χ2v) is 1.51. The number of nitrogens with two attached hydrogens (primary N) is 1. The number of hydrogen-bond acceptors (Lipinski definition) is 1. The number of carbonyl (C=O) groups excluding carboxylic acids is 1. The van der Waals surface area contributed by atoms with Crippen LogP contribution in [0.4, 0.5) is 0 Å². The molecule has 3 heteroatoms. The van der Waals surface area contributed by atoms with E-state index in [0.717, 1.165) is 5.57 Å². The van der Waals surface area contributed by atoms with E-state index in [1.165, 1.54) is 0 Å². The van der Waals surface area contributed by atoms with Gasteiger partial charge in [-0.15, -0.1) is 12.0 Å². The minimum Gasteiger partial charge on any atom is -0.693 e. The molecule has 1 unspecified atom stereocenters. The second kappa shape index (κ2) is 5.00. The molecule has 0 amide bonds. The van der Waals surface area contributed by atoms with Crippen molar-refractivity contribution >= 4 is 6.29 Å². The van der Waals surface area contributed by atoms with Crippen molar-refractivity contribution in [3.8, 4) is 0 Å². The minimum atomic E-state index is 0. The summed E-state index contributed by atoms with van der Waals surface area (Å²) in [4.78, 5) is 9.60. The summed E-state index contributed by atoms with van der Waals surface area (Å²) in [5, 5.41) is 0. The Morgan fingerprint density at radius 3 is 2.12 bits per heavy atom. The van der Waals surface area contributed by atoms with Gasteiger partial charge >= 0.3 is 58.2 Å². The molecule has 0 aromatic rings. The third kappa shape index (κ3) is 3.25. The third-order valence-corrected chi connectivity index (χ3v) is 0.938. The molecule has 40 valence electrons. The van der Waals surface area contributed by atoms with E-state index in [-0.39, 0.29) is 70.3 Å². The first-order chi connectivity index (χ1) is 2.84. The molecule has 0 fully saturated rings. The summed E-state index contributed by atoms with van der Waals surface area (Å²) in [5.74, 6) is 0.0880. The fourth-order valence-electron chi connectivity index (χ4n) is 0.342. The normalized spacial score (nSPS) is 21.6. The van der Waals surface area contributed by atoms with Crippen molar-refractivity contribution in [2.75, 3.05) is 0 Å². The van der Waals surface area contributed by atoms with E-state index in [0.29, 0.717) is 0 Å². The van der Waals surface area contributed by atoms with Crippen molar-refractivity contribution < 1.29 is 63.0 Å². The van der Waals surface area contributed by atoms with Crippen molar-refractivity contribution in [1.29, 1.82) is 0 Å². The topological polar surface area (TPSA) is 50.6 Å². The van der Waals surface area contributed by atoms with Crippen LogP contribution in [0, 0.1) is 5.92 Å². The SMILES string of the molecule is CC1=CC1[C-]=O.[NH2-].[Rb+]. The summed E-state index contributed by atoms with van der Waals surface area (Å²) in [6.45, 7) is 1.93. The van der Waals surface area contributed by atoms with Gasteiger partial charge in [0.2, 0.25) is 0 Å². The molecule has 0 bridgehead atoms. The Balaban J connectivity index is 0. The van der Waals surface area contributed by atoms with Crippen molar-refractivity contribution in [2.24, 2.45) is 5.92 Å². The molecular formula is C5H7NORb-. The fourth-order valence-corrected chi connectivity index (χ4v) is 0.342. The molecule has 1 rings (SSSR count). The first kappa shape index (κ1) is 11.9. The molecule has 0 aromatic heterocycles. The number of allylic oxidation sites excluding steroid dienone is 2. The van der Waals surface area contributed by atoms with Gasteiger partial charge in [0.05, 0.1) is 0 Å². The molecule has 0 heterocycles. The Bertz CT molecular complexity index is 111. The number of hydrogen-bond donors (Lipinski definition) is 0. The molecule has 1 aliphatic carbocycles. The Morgan fingerprint density at radius 2 is 2.12 bits per heavy atom.